The van der Waals surface area contributed by atoms with Gasteiger partial charge in [0.15, 0.2) is 17.5 Å². The van der Waals surface area contributed by atoms with Crippen molar-refractivity contribution in [2.75, 3.05) is 18.5 Å². The SMILES string of the molecule is CCCNc1nc(C(OCC)C2CC2)nc(C)c1F. The molecule has 1 fully saturated rings. The molecule has 0 radical (unpaired) electrons. The van der Waals surface area contributed by atoms with Crippen molar-refractivity contribution in [3.63, 3.8) is 0 Å². The molecule has 1 aliphatic carbocycles. The highest BCUT2D eigenvalue weighted by Gasteiger charge is 2.35. The average Bonchev–Trinajstić information content (AvgIpc) is 3.22. The normalized spacial score (nSPS) is 16.4. The molecule has 0 saturated heterocycles. The summed E-state index contributed by atoms with van der Waals surface area (Å²) in [5.41, 5.74) is 0.383. The van der Waals surface area contributed by atoms with Crippen LogP contribution < -0.4 is 5.32 Å². The zero-order valence-electron chi connectivity index (χ0n) is 11.9. The second kappa shape index (κ2) is 6.28. The number of anilines is 1. The lowest BCUT2D eigenvalue weighted by atomic mass is 10.2. The number of hydrogen-bond donors (Lipinski definition) is 1. The Labute approximate surface area is 113 Å². The molecule has 2 rings (SSSR count). The third kappa shape index (κ3) is 3.41. The van der Waals surface area contributed by atoms with Gasteiger partial charge in [-0.25, -0.2) is 14.4 Å². The fourth-order valence-electron chi connectivity index (χ4n) is 2.07. The molecular weight excluding hydrogens is 245 g/mol. The number of nitrogens with zero attached hydrogens (tertiary/aromatic N) is 2. The van der Waals surface area contributed by atoms with Gasteiger partial charge in [-0.3, -0.25) is 0 Å². The van der Waals surface area contributed by atoms with E-state index >= 15 is 0 Å². The Morgan fingerprint density at radius 3 is 2.68 bits per heavy atom. The van der Waals surface area contributed by atoms with Gasteiger partial charge in [0.25, 0.3) is 0 Å². The third-order valence-electron chi connectivity index (χ3n) is 3.23. The van der Waals surface area contributed by atoms with Crippen LogP contribution in [0.1, 0.15) is 50.7 Å². The highest BCUT2D eigenvalue weighted by atomic mass is 19.1. The van der Waals surface area contributed by atoms with E-state index < -0.39 is 0 Å². The molecule has 1 heterocycles. The number of nitrogens with one attached hydrogen (secondary N) is 1. The Hall–Kier alpha value is -1.23. The number of halogens is 1. The lowest BCUT2D eigenvalue weighted by Crippen LogP contribution is -2.15. The second-order valence-corrected chi connectivity index (χ2v) is 4.97. The van der Waals surface area contributed by atoms with Gasteiger partial charge in [-0.15, -0.1) is 0 Å². The minimum atomic E-state index is -0.358. The van der Waals surface area contributed by atoms with Gasteiger partial charge in [0.1, 0.15) is 6.10 Å². The molecule has 5 heteroatoms. The number of rotatable bonds is 7. The monoisotopic (exact) mass is 267 g/mol. The fourth-order valence-corrected chi connectivity index (χ4v) is 2.07. The van der Waals surface area contributed by atoms with E-state index in [0.717, 1.165) is 19.3 Å². The number of hydrogen-bond acceptors (Lipinski definition) is 4. The van der Waals surface area contributed by atoms with Crippen LogP contribution in [0.4, 0.5) is 10.2 Å². The molecule has 1 aliphatic rings. The summed E-state index contributed by atoms with van der Waals surface area (Å²) in [7, 11) is 0. The standard InChI is InChI=1S/C14H22FN3O/c1-4-8-16-13-11(15)9(3)17-14(18-13)12(19-5-2)10-6-7-10/h10,12H,4-8H2,1-3H3,(H,16,17,18). The first-order valence-corrected chi connectivity index (χ1v) is 7.06. The van der Waals surface area contributed by atoms with Crippen molar-refractivity contribution >= 4 is 5.82 Å². The first-order chi connectivity index (χ1) is 9.17. The summed E-state index contributed by atoms with van der Waals surface area (Å²) in [4.78, 5) is 8.60. The number of aryl methyl sites for hydroxylation is 1. The molecule has 1 unspecified atom stereocenters. The van der Waals surface area contributed by atoms with Crippen molar-refractivity contribution in [3.05, 3.63) is 17.3 Å². The zero-order valence-corrected chi connectivity index (χ0v) is 11.9. The van der Waals surface area contributed by atoms with Gasteiger partial charge in [-0.1, -0.05) is 6.92 Å². The Bertz CT molecular complexity index is 435. The predicted molar refractivity (Wildman–Crippen MR) is 72.6 cm³/mol. The van der Waals surface area contributed by atoms with Gasteiger partial charge in [-0.05, 0) is 39.0 Å². The van der Waals surface area contributed by atoms with Crippen LogP contribution in [0, 0.1) is 18.7 Å². The van der Waals surface area contributed by atoms with Crippen LogP contribution in [0.15, 0.2) is 0 Å². The van der Waals surface area contributed by atoms with Gasteiger partial charge in [0.2, 0.25) is 0 Å². The minimum Gasteiger partial charge on any atom is -0.370 e. The Kier molecular flexibility index (Phi) is 4.69. The molecular formula is C14H22FN3O. The number of ether oxygens (including phenoxy) is 1. The molecule has 0 bridgehead atoms. The molecule has 19 heavy (non-hydrogen) atoms. The molecule has 0 aromatic carbocycles. The van der Waals surface area contributed by atoms with Crippen LogP contribution in [-0.4, -0.2) is 23.1 Å². The number of aromatic nitrogens is 2. The summed E-state index contributed by atoms with van der Waals surface area (Å²) in [5.74, 6) is 1.05. The van der Waals surface area contributed by atoms with Gasteiger partial charge < -0.3 is 10.1 Å². The molecule has 1 aromatic heterocycles. The molecule has 0 aliphatic heterocycles. The smallest absolute Gasteiger partial charge is 0.186 e. The van der Waals surface area contributed by atoms with Gasteiger partial charge in [-0.2, -0.15) is 0 Å². The lowest BCUT2D eigenvalue weighted by molar-refractivity contribution is 0.0399. The van der Waals surface area contributed by atoms with Crippen LogP contribution in [0.2, 0.25) is 0 Å². The second-order valence-electron chi connectivity index (χ2n) is 4.97. The summed E-state index contributed by atoms with van der Waals surface area (Å²) in [5, 5.41) is 3.02. The Morgan fingerprint density at radius 2 is 2.11 bits per heavy atom. The average molecular weight is 267 g/mol. The first-order valence-electron chi connectivity index (χ1n) is 7.06. The van der Waals surface area contributed by atoms with Gasteiger partial charge in [0, 0.05) is 13.2 Å². The van der Waals surface area contributed by atoms with E-state index in [-0.39, 0.29) is 11.9 Å². The van der Waals surface area contributed by atoms with Crippen molar-refractivity contribution < 1.29 is 9.13 Å². The van der Waals surface area contributed by atoms with Crippen LogP contribution in [0.25, 0.3) is 0 Å². The van der Waals surface area contributed by atoms with Crippen molar-refractivity contribution in [2.24, 2.45) is 5.92 Å². The fraction of sp³-hybridized carbons (Fsp3) is 0.714. The van der Waals surface area contributed by atoms with Crippen LogP contribution in [-0.2, 0) is 4.74 Å². The van der Waals surface area contributed by atoms with Crippen molar-refractivity contribution in [3.8, 4) is 0 Å². The largest absolute Gasteiger partial charge is 0.370 e. The van der Waals surface area contributed by atoms with Crippen molar-refractivity contribution in [2.45, 2.75) is 46.1 Å². The van der Waals surface area contributed by atoms with Crippen molar-refractivity contribution in [1.82, 2.24) is 9.97 Å². The summed E-state index contributed by atoms with van der Waals surface area (Å²) in [6, 6.07) is 0. The lowest BCUT2D eigenvalue weighted by Gasteiger charge is -2.17. The van der Waals surface area contributed by atoms with Gasteiger partial charge in [0.05, 0.1) is 5.69 Å². The molecule has 1 N–H and O–H groups in total. The van der Waals surface area contributed by atoms with E-state index in [0.29, 0.717) is 36.4 Å². The van der Waals surface area contributed by atoms with Crippen molar-refractivity contribution in [1.29, 1.82) is 0 Å². The van der Waals surface area contributed by atoms with Gasteiger partial charge >= 0.3 is 0 Å². The Balaban J connectivity index is 2.25. The maximum Gasteiger partial charge on any atom is 0.186 e. The summed E-state index contributed by atoms with van der Waals surface area (Å²) in [6.45, 7) is 7.00. The molecule has 1 saturated carbocycles. The Morgan fingerprint density at radius 1 is 1.37 bits per heavy atom. The molecule has 0 amide bonds. The molecule has 1 atom stereocenters. The quantitative estimate of drug-likeness (QED) is 0.824. The first kappa shape index (κ1) is 14.2. The van der Waals surface area contributed by atoms with E-state index in [4.69, 9.17) is 4.74 Å². The highest BCUT2D eigenvalue weighted by molar-refractivity contribution is 5.38. The summed E-state index contributed by atoms with van der Waals surface area (Å²) < 4.78 is 19.7. The van der Waals surface area contributed by atoms with E-state index in [1.165, 1.54) is 0 Å². The maximum absolute atomic E-state index is 13.9. The van der Waals surface area contributed by atoms with Crippen LogP contribution in [0.5, 0.6) is 0 Å². The molecule has 106 valence electrons. The molecule has 4 nitrogen and oxygen atoms in total. The van der Waals surface area contributed by atoms with E-state index in [2.05, 4.69) is 15.3 Å². The molecule has 0 spiro atoms. The maximum atomic E-state index is 13.9. The van der Waals surface area contributed by atoms with E-state index in [1.54, 1.807) is 6.92 Å². The topological polar surface area (TPSA) is 47.0 Å². The summed E-state index contributed by atoms with van der Waals surface area (Å²) >= 11 is 0. The zero-order chi connectivity index (χ0) is 13.8. The van der Waals surface area contributed by atoms with E-state index in [9.17, 15) is 4.39 Å². The highest BCUT2D eigenvalue weighted by Crippen LogP contribution is 2.42. The van der Waals surface area contributed by atoms with Crippen LogP contribution in [0.3, 0.4) is 0 Å². The third-order valence-corrected chi connectivity index (χ3v) is 3.23. The van der Waals surface area contributed by atoms with E-state index in [1.807, 2.05) is 13.8 Å². The molecule has 1 aromatic rings. The predicted octanol–water partition coefficient (Wildman–Crippen LogP) is 3.23. The van der Waals surface area contributed by atoms with Crippen LogP contribution >= 0.6 is 0 Å². The summed E-state index contributed by atoms with van der Waals surface area (Å²) in [6.07, 6.45) is 3.12. The minimum absolute atomic E-state index is 0.0912.